The van der Waals surface area contributed by atoms with E-state index in [2.05, 4.69) is 10.00 Å². The molecule has 1 atom stereocenters. The fourth-order valence-electron chi connectivity index (χ4n) is 3.13. The summed E-state index contributed by atoms with van der Waals surface area (Å²) in [5.41, 5.74) is 0.756. The minimum atomic E-state index is 0.00291. The minimum absolute atomic E-state index is 0.00291. The van der Waals surface area contributed by atoms with Gasteiger partial charge in [0.05, 0.1) is 16.9 Å². The van der Waals surface area contributed by atoms with Crippen LogP contribution in [0.2, 0.25) is 0 Å². The number of nitrogens with zero attached hydrogens (tertiary/aromatic N) is 5. The molecule has 0 spiro atoms. The number of benzene rings is 1. The van der Waals surface area contributed by atoms with Crippen LogP contribution in [-0.4, -0.2) is 32.4 Å². The minimum Gasteiger partial charge on any atom is -0.340 e. The van der Waals surface area contributed by atoms with Crippen molar-refractivity contribution >= 4 is 16.9 Å². The summed E-state index contributed by atoms with van der Waals surface area (Å²) in [5.74, 6) is 0.735. The van der Waals surface area contributed by atoms with Gasteiger partial charge in [-0.15, -0.1) is 0 Å². The largest absolute Gasteiger partial charge is 0.340 e. The summed E-state index contributed by atoms with van der Waals surface area (Å²) in [4.78, 5) is 19.4. The number of anilines is 1. The van der Waals surface area contributed by atoms with Crippen LogP contribution in [0.5, 0.6) is 0 Å². The molecule has 22 heavy (non-hydrogen) atoms. The van der Waals surface area contributed by atoms with Crippen molar-refractivity contribution in [2.24, 2.45) is 7.05 Å². The topological polar surface area (TPSA) is 56.0 Å². The third kappa shape index (κ3) is 1.99. The van der Waals surface area contributed by atoms with E-state index in [1.807, 2.05) is 41.2 Å². The summed E-state index contributed by atoms with van der Waals surface area (Å²) < 4.78 is 3.63. The second kappa shape index (κ2) is 4.98. The maximum atomic E-state index is 12.5. The van der Waals surface area contributed by atoms with E-state index < -0.39 is 0 Å². The first-order valence-electron chi connectivity index (χ1n) is 7.44. The van der Waals surface area contributed by atoms with Crippen LogP contribution in [0.1, 0.15) is 12.5 Å². The first-order valence-corrected chi connectivity index (χ1v) is 7.44. The van der Waals surface area contributed by atoms with Gasteiger partial charge < -0.3 is 4.90 Å². The Hall–Kier alpha value is -2.63. The van der Waals surface area contributed by atoms with Crippen molar-refractivity contribution in [2.75, 3.05) is 18.0 Å². The summed E-state index contributed by atoms with van der Waals surface area (Å²) in [5, 5.41) is 4.98. The summed E-state index contributed by atoms with van der Waals surface area (Å²) in [6.07, 6.45) is 4.79. The molecule has 6 heteroatoms. The van der Waals surface area contributed by atoms with Gasteiger partial charge in [0.2, 0.25) is 5.95 Å². The van der Waals surface area contributed by atoms with E-state index in [9.17, 15) is 4.79 Å². The predicted octanol–water partition coefficient (Wildman–Crippen LogP) is 1.58. The van der Waals surface area contributed by atoms with E-state index in [4.69, 9.17) is 4.98 Å². The van der Waals surface area contributed by atoms with Crippen LogP contribution in [0.25, 0.3) is 10.9 Å². The van der Waals surface area contributed by atoms with Crippen LogP contribution in [0.4, 0.5) is 5.95 Å². The number of hydrogen-bond acceptors (Lipinski definition) is 4. The molecule has 1 aromatic carbocycles. The van der Waals surface area contributed by atoms with Crippen LogP contribution in [0.3, 0.4) is 0 Å². The van der Waals surface area contributed by atoms with Crippen LogP contribution in [0.15, 0.2) is 47.5 Å². The van der Waals surface area contributed by atoms with Gasteiger partial charge in [-0.3, -0.25) is 14.0 Å². The third-order valence-electron chi connectivity index (χ3n) is 4.30. The molecule has 6 nitrogen and oxygen atoms in total. The first-order chi connectivity index (χ1) is 10.7. The number of fused-ring (bicyclic) bond motifs is 1. The molecule has 3 heterocycles. The standard InChI is InChI=1S/C16H17N5O/c1-19-15(22)13-5-2-3-6-14(13)18-16(19)20-10-7-12(11-20)21-9-4-8-17-21/h2-6,8-9,12H,7,10-11H2,1H3. The van der Waals surface area contributed by atoms with Crippen molar-refractivity contribution in [3.63, 3.8) is 0 Å². The highest BCUT2D eigenvalue weighted by Gasteiger charge is 2.27. The Balaban J connectivity index is 1.73. The van der Waals surface area contributed by atoms with Crippen molar-refractivity contribution in [1.29, 1.82) is 0 Å². The molecule has 0 bridgehead atoms. The molecule has 1 aliphatic rings. The van der Waals surface area contributed by atoms with Gasteiger partial charge in [-0.05, 0) is 24.6 Å². The van der Waals surface area contributed by atoms with E-state index in [0.717, 1.165) is 31.0 Å². The second-order valence-electron chi connectivity index (χ2n) is 5.67. The van der Waals surface area contributed by atoms with Gasteiger partial charge in [-0.1, -0.05) is 12.1 Å². The third-order valence-corrected chi connectivity index (χ3v) is 4.30. The zero-order valence-corrected chi connectivity index (χ0v) is 12.4. The zero-order valence-electron chi connectivity index (χ0n) is 12.4. The molecule has 0 saturated carbocycles. The second-order valence-corrected chi connectivity index (χ2v) is 5.67. The smallest absolute Gasteiger partial charge is 0.262 e. The molecule has 0 N–H and O–H groups in total. The Labute approximate surface area is 127 Å². The fourth-order valence-corrected chi connectivity index (χ4v) is 3.13. The average molecular weight is 295 g/mol. The zero-order chi connectivity index (χ0) is 15.1. The molecular formula is C16H17N5O. The van der Waals surface area contributed by atoms with Gasteiger partial charge in [-0.2, -0.15) is 5.10 Å². The highest BCUT2D eigenvalue weighted by molar-refractivity contribution is 5.78. The Kier molecular flexibility index (Phi) is 2.96. The highest BCUT2D eigenvalue weighted by Crippen LogP contribution is 2.25. The van der Waals surface area contributed by atoms with Crippen LogP contribution in [0, 0.1) is 0 Å². The average Bonchev–Trinajstić information content (AvgIpc) is 3.21. The number of hydrogen-bond donors (Lipinski definition) is 0. The maximum absolute atomic E-state index is 12.5. The molecule has 0 aliphatic carbocycles. The summed E-state index contributed by atoms with van der Waals surface area (Å²) in [6.45, 7) is 1.70. The van der Waals surface area contributed by atoms with Crippen molar-refractivity contribution in [3.05, 3.63) is 53.1 Å². The molecule has 0 radical (unpaired) electrons. The van der Waals surface area contributed by atoms with E-state index >= 15 is 0 Å². The fraction of sp³-hybridized carbons (Fsp3) is 0.312. The van der Waals surface area contributed by atoms with E-state index in [-0.39, 0.29) is 5.56 Å². The van der Waals surface area contributed by atoms with Gasteiger partial charge in [0.1, 0.15) is 0 Å². The lowest BCUT2D eigenvalue weighted by Gasteiger charge is -2.20. The van der Waals surface area contributed by atoms with Gasteiger partial charge in [0.25, 0.3) is 5.56 Å². The number of aromatic nitrogens is 4. The van der Waals surface area contributed by atoms with Crippen LogP contribution >= 0.6 is 0 Å². The highest BCUT2D eigenvalue weighted by atomic mass is 16.1. The Bertz CT molecular complexity index is 868. The molecule has 1 fully saturated rings. The van der Waals surface area contributed by atoms with Crippen molar-refractivity contribution in [1.82, 2.24) is 19.3 Å². The predicted molar refractivity (Wildman–Crippen MR) is 85.1 cm³/mol. The van der Waals surface area contributed by atoms with Gasteiger partial charge in [0.15, 0.2) is 0 Å². The summed E-state index contributed by atoms with van der Waals surface area (Å²) in [6, 6.07) is 9.77. The molecule has 1 saturated heterocycles. The Morgan fingerprint density at radius 3 is 2.91 bits per heavy atom. The van der Waals surface area contributed by atoms with Crippen LogP contribution in [-0.2, 0) is 7.05 Å². The SMILES string of the molecule is Cn1c(N2CCC(n3cccn3)C2)nc2ccccc2c1=O. The van der Waals surface area contributed by atoms with E-state index in [1.165, 1.54) is 0 Å². The van der Waals surface area contributed by atoms with E-state index in [0.29, 0.717) is 11.4 Å². The molecule has 1 aliphatic heterocycles. The quantitative estimate of drug-likeness (QED) is 0.720. The molecule has 3 aromatic rings. The van der Waals surface area contributed by atoms with Crippen molar-refractivity contribution in [3.8, 4) is 0 Å². The lowest BCUT2D eigenvalue weighted by Crippen LogP contribution is -2.30. The maximum Gasteiger partial charge on any atom is 0.262 e. The van der Waals surface area contributed by atoms with Gasteiger partial charge in [-0.25, -0.2) is 4.98 Å². The summed E-state index contributed by atoms with van der Waals surface area (Å²) in [7, 11) is 1.79. The lowest BCUT2D eigenvalue weighted by molar-refractivity contribution is 0.494. The normalized spacial score (nSPS) is 18.2. The van der Waals surface area contributed by atoms with E-state index in [1.54, 1.807) is 17.8 Å². The molecule has 0 amide bonds. The van der Waals surface area contributed by atoms with Crippen LogP contribution < -0.4 is 10.5 Å². The molecule has 1 unspecified atom stereocenters. The van der Waals surface area contributed by atoms with Gasteiger partial charge in [0, 0.05) is 32.5 Å². The molecule has 4 rings (SSSR count). The first kappa shape index (κ1) is 13.1. The van der Waals surface area contributed by atoms with Gasteiger partial charge >= 0.3 is 0 Å². The molecular weight excluding hydrogens is 278 g/mol. The van der Waals surface area contributed by atoms with Crippen molar-refractivity contribution in [2.45, 2.75) is 12.5 Å². The Morgan fingerprint density at radius 2 is 2.09 bits per heavy atom. The lowest BCUT2D eigenvalue weighted by atomic mass is 10.2. The monoisotopic (exact) mass is 295 g/mol. The Morgan fingerprint density at radius 1 is 1.23 bits per heavy atom. The summed E-state index contributed by atoms with van der Waals surface area (Å²) >= 11 is 0. The number of rotatable bonds is 2. The number of para-hydroxylation sites is 1. The molecule has 112 valence electrons. The van der Waals surface area contributed by atoms with Crippen molar-refractivity contribution < 1.29 is 0 Å². The molecule has 2 aromatic heterocycles.